The fraction of sp³-hybridized carbons (Fsp3) is 0.357. The van der Waals surface area contributed by atoms with Gasteiger partial charge in [-0.2, -0.15) is 0 Å². The number of piperazine rings is 1. The zero-order valence-electron chi connectivity index (χ0n) is 29.6. The van der Waals surface area contributed by atoms with Crippen molar-refractivity contribution in [1.29, 1.82) is 0 Å². The molecule has 4 aromatic carbocycles. The van der Waals surface area contributed by atoms with Crippen LogP contribution in [0.4, 0.5) is 0 Å². The second-order valence-electron chi connectivity index (χ2n) is 14.2. The number of rotatable bonds is 11. The Balaban J connectivity index is 0.778. The smallest absolute Gasteiger partial charge is 0.255 e. The van der Waals surface area contributed by atoms with Gasteiger partial charge in [-0.1, -0.05) is 48.5 Å². The summed E-state index contributed by atoms with van der Waals surface area (Å²) in [7, 11) is 0. The van der Waals surface area contributed by atoms with Gasteiger partial charge in [0, 0.05) is 81.3 Å². The summed E-state index contributed by atoms with van der Waals surface area (Å²) in [5.41, 5.74) is 4.91. The van der Waals surface area contributed by atoms with E-state index < -0.39 is 11.9 Å². The molecule has 3 atom stereocenters. The van der Waals surface area contributed by atoms with Gasteiger partial charge in [-0.25, -0.2) is 0 Å². The number of carbonyl (C=O) groups excluding carboxylic acids is 3. The maximum Gasteiger partial charge on any atom is 0.255 e. The number of carbonyl (C=O) groups is 3. The van der Waals surface area contributed by atoms with Crippen LogP contribution in [0, 0.1) is 0 Å². The Hall–Kier alpha value is -5.39. The number of phenols is 1. The van der Waals surface area contributed by atoms with Gasteiger partial charge in [0.15, 0.2) is 0 Å². The predicted octanol–water partition coefficient (Wildman–Crippen LogP) is 4.54. The Morgan fingerprint density at radius 2 is 1.47 bits per heavy atom. The Labute approximate surface area is 309 Å². The number of amides is 3. The van der Waals surface area contributed by atoms with Crippen molar-refractivity contribution in [1.82, 2.24) is 20.0 Å². The molecule has 11 nitrogen and oxygen atoms in total. The van der Waals surface area contributed by atoms with Crippen molar-refractivity contribution in [3.63, 3.8) is 0 Å². The normalized spacial score (nSPS) is 21.8. The number of imide groups is 1. The standard InChI is InChI=1S/C42H44N4O7/c47-31-8-12-35-38(25-31)53-27-36(28-4-2-1-3-5-28)40(35)29-6-9-32(10-7-29)51-22-20-44-16-18-45(19-17-44)21-23-52-33-11-13-34-30(24-33)26-46(42(34)50)37-14-15-39(48)43-41(37)49/h1-13,24-25,36-37,40,47H,14-23,26-27H2,(H,43,48,49)/t36-,37?,40-/m0/s1. The van der Waals surface area contributed by atoms with E-state index in [0.29, 0.717) is 44.1 Å². The minimum atomic E-state index is -0.623. The molecule has 4 heterocycles. The Bertz CT molecular complexity index is 1960. The number of ether oxygens (including phenoxy) is 3. The predicted molar refractivity (Wildman–Crippen MR) is 197 cm³/mol. The zero-order valence-corrected chi connectivity index (χ0v) is 29.6. The van der Waals surface area contributed by atoms with Gasteiger partial charge in [-0.15, -0.1) is 0 Å². The summed E-state index contributed by atoms with van der Waals surface area (Å²) in [5, 5.41) is 12.4. The number of phenolic OH excluding ortho intramolecular Hbond substituents is 1. The average molecular weight is 717 g/mol. The molecule has 2 N–H and O–H groups in total. The van der Waals surface area contributed by atoms with Crippen molar-refractivity contribution in [2.24, 2.45) is 0 Å². The number of piperidine rings is 1. The molecule has 53 heavy (non-hydrogen) atoms. The van der Waals surface area contributed by atoms with E-state index in [4.69, 9.17) is 14.2 Å². The number of nitrogens with zero attached hydrogens (tertiary/aromatic N) is 3. The van der Waals surface area contributed by atoms with Crippen LogP contribution in [-0.2, 0) is 16.1 Å². The highest BCUT2D eigenvalue weighted by Crippen LogP contribution is 2.47. The van der Waals surface area contributed by atoms with Gasteiger partial charge in [0.1, 0.15) is 42.3 Å². The maximum atomic E-state index is 13.0. The molecule has 0 aromatic heterocycles. The Morgan fingerprint density at radius 1 is 0.774 bits per heavy atom. The van der Waals surface area contributed by atoms with Crippen LogP contribution in [-0.4, -0.2) is 103 Å². The molecule has 11 heteroatoms. The van der Waals surface area contributed by atoms with E-state index in [9.17, 15) is 19.5 Å². The number of hydrogen-bond donors (Lipinski definition) is 2. The first kappa shape index (κ1) is 34.7. The topological polar surface area (TPSA) is 121 Å². The number of aromatic hydroxyl groups is 1. The Kier molecular flexibility index (Phi) is 10.0. The highest BCUT2D eigenvalue weighted by molar-refractivity contribution is 6.05. The van der Waals surface area contributed by atoms with Crippen LogP contribution in [0.3, 0.4) is 0 Å². The van der Waals surface area contributed by atoms with Crippen LogP contribution in [0.5, 0.6) is 23.0 Å². The highest BCUT2D eigenvalue weighted by atomic mass is 16.5. The lowest BCUT2D eigenvalue weighted by Gasteiger charge is -2.35. The number of benzene rings is 4. The van der Waals surface area contributed by atoms with E-state index in [2.05, 4.69) is 63.6 Å². The molecule has 4 aliphatic heterocycles. The summed E-state index contributed by atoms with van der Waals surface area (Å²) >= 11 is 0. The molecule has 0 spiro atoms. The lowest BCUT2D eigenvalue weighted by atomic mass is 9.76. The van der Waals surface area contributed by atoms with E-state index >= 15 is 0 Å². The van der Waals surface area contributed by atoms with Gasteiger partial charge in [0.05, 0.1) is 6.61 Å². The summed E-state index contributed by atoms with van der Waals surface area (Å²) < 4.78 is 18.4. The lowest BCUT2D eigenvalue weighted by Crippen LogP contribution is -2.52. The molecule has 1 unspecified atom stereocenters. The minimum Gasteiger partial charge on any atom is -0.508 e. The molecule has 0 aliphatic carbocycles. The molecule has 0 bridgehead atoms. The fourth-order valence-corrected chi connectivity index (χ4v) is 8.03. The van der Waals surface area contributed by atoms with Crippen LogP contribution in [0.2, 0.25) is 0 Å². The molecule has 0 radical (unpaired) electrons. The second-order valence-corrected chi connectivity index (χ2v) is 14.2. The quantitative estimate of drug-likeness (QED) is 0.216. The van der Waals surface area contributed by atoms with Crippen LogP contribution in [0.1, 0.15) is 57.3 Å². The van der Waals surface area contributed by atoms with Crippen molar-refractivity contribution >= 4 is 17.7 Å². The second kappa shape index (κ2) is 15.3. The zero-order chi connectivity index (χ0) is 36.3. The third-order valence-corrected chi connectivity index (χ3v) is 10.9. The van der Waals surface area contributed by atoms with Crippen molar-refractivity contribution in [2.75, 3.05) is 59.1 Å². The van der Waals surface area contributed by atoms with Gasteiger partial charge < -0.3 is 24.2 Å². The summed E-state index contributed by atoms with van der Waals surface area (Å²) in [4.78, 5) is 43.2. The molecule has 2 saturated heterocycles. The van der Waals surface area contributed by atoms with Crippen LogP contribution >= 0.6 is 0 Å². The molecule has 0 saturated carbocycles. The molecule has 3 amide bonds. The van der Waals surface area contributed by atoms with Crippen molar-refractivity contribution < 1.29 is 33.7 Å². The molecular weight excluding hydrogens is 672 g/mol. The van der Waals surface area contributed by atoms with Crippen molar-refractivity contribution in [3.8, 4) is 23.0 Å². The molecule has 274 valence electrons. The van der Waals surface area contributed by atoms with Gasteiger partial charge in [0.2, 0.25) is 11.8 Å². The van der Waals surface area contributed by atoms with E-state index in [1.165, 1.54) is 11.1 Å². The van der Waals surface area contributed by atoms with E-state index in [0.717, 1.165) is 61.9 Å². The first-order valence-electron chi connectivity index (χ1n) is 18.5. The van der Waals surface area contributed by atoms with Gasteiger partial charge in [-0.3, -0.25) is 29.5 Å². The first-order valence-corrected chi connectivity index (χ1v) is 18.5. The van der Waals surface area contributed by atoms with Gasteiger partial charge in [0.25, 0.3) is 5.91 Å². The third kappa shape index (κ3) is 7.58. The van der Waals surface area contributed by atoms with Crippen molar-refractivity contribution in [3.05, 3.63) is 119 Å². The summed E-state index contributed by atoms with van der Waals surface area (Å²) in [6.45, 7) is 7.49. The molecule has 8 rings (SSSR count). The van der Waals surface area contributed by atoms with Gasteiger partial charge >= 0.3 is 0 Å². The lowest BCUT2D eigenvalue weighted by molar-refractivity contribution is -0.136. The number of nitrogens with one attached hydrogen (secondary N) is 1. The average Bonchev–Trinajstić information content (AvgIpc) is 3.50. The summed E-state index contributed by atoms with van der Waals surface area (Å²) in [6, 6.07) is 29.1. The van der Waals surface area contributed by atoms with E-state index in [1.54, 1.807) is 23.1 Å². The Morgan fingerprint density at radius 3 is 2.19 bits per heavy atom. The van der Waals surface area contributed by atoms with Crippen LogP contribution in [0.25, 0.3) is 0 Å². The largest absolute Gasteiger partial charge is 0.508 e. The van der Waals surface area contributed by atoms with Gasteiger partial charge in [-0.05, 0) is 59.5 Å². The first-order chi connectivity index (χ1) is 25.9. The number of hydrogen-bond acceptors (Lipinski definition) is 9. The summed E-state index contributed by atoms with van der Waals surface area (Å²) in [6.07, 6.45) is 0.583. The monoisotopic (exact) mass is 716 g/mol. The van der Waals surface area contributed by atoms with E-state index in [1.807, 2.05) is 24.3 Å². The summed E-state index contributed by atoms with van der Waals surface area (Å²) in [5.74, 6) is 1.85. The van der Waals surface area contributed by atoms with Crippen LogP contribution < -0.4 is 19.5 Å². The molecule has 2 fully saturated rings. The molecule has 4 aliphatic rings. The SMILES string of the molecule is O=C1CCC(N2Cc3cc(OCCN4CCN(CCOc5ccc([C@H]6c7ccc(O)cc7OC[C@H]6c6ccccc6)cc5)CC4)ccc3C2=O)C(=O)N1. The highest BCUT2D eigenvalue weighted by Gasteiger charge is 2.39. The van der Waals surface area contributed by atoms with Crippen LogP contribution in [0.15, 0.2) is 91.0 Å². The molecule has 4 aromatic rings. The van der Waals surface area contributed by atoms with E-state index in [-0.39, 0.29) is 35.8 Å². The minimum absolute atomic E-state index is 0.0920. The number of fused-ring (bicyclic) bond motifs is 2. The maximum absolute atomic E-state index is 13.0. The third-order valence-electron chi connectivity index (χ3n) is 10.9. The van der Waals surface area contributed by atoms with Crippen molar-refractivity contribution in [2.45, 2.75) is 37.3 Å². The molecular formula is C42H44N4O7. The fourth-order valence-electron chi connectivity index (χ4n) is 8.03.